The summed E-state index contributed by atoms with van der Waals surface area (Å²) < 4.78 is 5.62. The molecule has 0 saturated carbocycles. The van der Waals surface area contributed by atoms with E-state index in [-0.39, 0.29) is 11.9 Å². The Morgan fingerprint density at radius 1 is 1.08 bits per heavy atom. The molecule has 3 amide bonds. The molecule has 1 aromatic heterocycles. The van der Waals surface area contributed by atoms with Gasteiger partial charge >= 0.3 is 6.03 Å². The summed E-state index contributed by atoms with van der Waals surface area (Å²) in [4.78, 5) is 32.1. The number of anilines is 3. The molecule has 0 radical (unpaired) electrons. The van der Waals surface area contributed by atoms with E-state index in [1.54, 1.807) is 13.3 Å². The first kappa shape index (κ1) is 23.7. The van der Waals surface area contributed by atoms with Gasteiger partial charge in [0.2, 0.25) is 5.91 Å². The lowest BCUT2D eigenvalue weighted by Crippen LogP contribution is -2.47. The van der Waals surface area contributed by atoms with E-state index in [9.17, 15) is 9.59 Å². The minimum Gasteiger partial charge on any atom is -0.496 e. The molecule has 36 heavy (non-hydrogen) atoms. The molecule has 2 saturated heterocycles. The first-order chi connectivity index (χ1) is 17.4. The summed E-state index contributed by atoms with van der Waals surface area (Å²) in [6.45, 7) is 1.78. The first-order valence-corrected chi connectivity index (χ1v) is 12.2. The lowest BCUT2D eigenvalue weighted by Gasteiger charge is -2.37. The van der Waals surface area contributed by atoms with Gasteiger partial charge in [0.05, 0.1) is 18.7 Å². The smallest absolute Gasteiger partial charge is 0.321 e. The summed E-state index contributed by atoms with van der Waals surface area (Å²) in [5, 5.41) is 9.82. The Hall–Kier alpha value is -4.01. The number of methoxy groups -OCH3 is 1. The van der Waals surface area contributed by atoms with E-state index in [0.29, 0.717) is 38.2 Å². The Bertz CT molecular complexity index is 1230. The van der Waals surface area contributed by atoms with Crippen LogP contribution in [0.4, 0.5) is 21.9 Å². The van der Waals surface area contributed by atoms with Crippen LogP contribution in [0, 0.1) is 5.41 Å². The molecule has 2 N–H and O–H groups in total. The van der Waals surface area contributed by atoms with E-state index in [2.05, 4.69) is 15.5 Å². The van der Waals surface area contributed by atoms with E-state index in [1.165, 1.54) is 0 Å². The van der Waals surface area contributed by atoms with Crippen molar-refractivity contribution in [1.29, 1.82) is 0 Å². The second-order valence-electron chi connectivity index (χ2n) is 9.72. The van der Waals surface area contributed by atoms with Crippen molar-refractivity contribution >= 4 is 29.0 Å². The van der Waals surface area contributed by atoms with Crippen LogP contribution in [-0.4, -0.2) is 67.9 Å². The zero-order valence-corrected chi connectivity index (χ0v) is 21.0. The highest BCUT2D eigenvalue weighted by Crippen LogP contribution is 2.44. The molecule has 0 aliphatic carbocycles. The number of rotatable bonds is 5. The number of ether oxygens (including phenoxy) is 1. The minimum absolute atomic E-state index is 0.121. The number of amides is 3. The Kier molecular flexibility index (Phi) is 6.30. The Labute approximate surface area is 211 Å². The molecule has 2 aromatic carbocycles. The summed E-state index contributed by atoms with van der Waals surface area (Å²) >= 11 is 0. The van der Waals surface area contributed by atoms with Crippen LogP contribution in [0.3, 0.4) is 0 Å². The van der Waals surface area contributed by atoms with E-state index < -0.39 is 5.41 Å². The largest absolute Gasteiger partial charge is 0.496 e. The lowest BCUT2D eigenvalue weighted by atomic mass is 9.77. The number of hydrogen-bond donors (Lipinski definition) is 2. The van der Waals surface area contributed by atoms with E-state index in [0.717, 1.165) is 34.6 Å². The van der Waals surface area contributed by atoms with Crippen molar-refractivity contribution in [2.45, 2.75) is 19.3 Å². The van der Waals surface area contributed by atoms with Gasteiger partial charge in [-0.1, -0.05) is 0 Å². The molecule has 3 aromatic rings. The van der Waals surface area contributed by atoms with E-state index in [4.69, 9.17) is 4.74 Å². The maximum Gasteiger partial charge on any atom is 0.321 e. The predicted molar refractivity (Wildman–Crippen MR) is 141 cm³/mol. The molecule has 5 rings (SSSR count). The highest BCUT2D eigenvalue weighted by molar-refractivity contribution is 6.00. The molecule has 0 unspecified atom stereocenters. The fourth-order valence-corrected chi connectivity index (χ4v) is 5.20. The van der Waals surface area contributed by atoms with Crippen molar-refractivity contribution < 1.29 is 14.3 Å². The first-order valence-electron chi connectivity index (χ1n) is 12.2. The third kappa shape index (κ3) is 4.36. The molecule has 2 fully saturated rings. The average Bonchev–Trinajstić information content (AvgIpc) is 3.53. The van der Waals surface area contributed by atoms with Gasteiger partial charge in [-0.25, -0.2) is 4.79 Å². The minimum atomic E-state index is -0.416. The zero-order chi connectivity index (χ0) is 25.3. The van der Waals surface area contributed by atoms with Crippen LogP contribution in [0.1, 0.15) is 19.3 Å². The molecule has 0 bridgehead atoms. The average molecular weight is 489 g/mol. The highest BCUT2D eigenvalue weighted by Gasteiger charge is 2.49. The van der Waals surface area contributed by atoms with Crippen molar-refractivity contribution in [2.24, 2.45) is 5.41 Å². The number of benzene rings is 2. The Morgan fingerprint density at radius 2 is 1.81 bits per heavy atom. The van der Waals surface area contributed by atoms with Crippen LogP contribution < -0.4 is 19.9 Å². The van der Waals surface area contributed by atoms with E-state index in [1.807, 2.05) is 77.5 Å². The van der Waals surface area contributed by atoms with Gasteiger partial charge in [-0.15, -0.1) is 0 Å². The topological polar surface area (TPSA) is 93.8 Å². The quantitative estimate of drug-likeness (QED) is 0.561. The predicted octanol–water partition coefficient (Wildman–Crippen LogP) is 4.20. The second kappa shape index (κ2) is 9.56. The van der Waals surface area contributed by atoms with Crippen molar-refractivity contribution in [3.05, 3.63) is 54.9 Å². The number of aromatic nitrogens is 2. The van der Waals surface area contributed by atoms with Gasteiger partial charge in [0.1, 0.15) is 5.75 Å². The zero-order valence-electron chi connectivity index (χ0n) is 21.0. The molecule has 9 heteroatoms. The van der Waals surface area contributed by atoms with Gasteiger partial charge < -0.3 is 24.8 Å². The summed E-state index contributed by atoms with van der Waals surface area (Å²) in [6.07, 6.45) is 5.69. The number of carbonyl (C=O) groups is 2. The molecule has 1 spiro atoms. The standard InChI is InChI=1S/C27H32N6O3/c1-31(2)21-6-4-20(5-7-21)30-26(35)32-13-10-27(11-14-32)12-15-33(25(27)34)22-8-9-23(24(16-22)36-3)19-17-28-29-18-19/h4-9,16-18H,10-15H2,1-3H3,(H,28,29)(H,30,35). The van der Waals surface area contributed by atoms with Gasteiger partial charge in [-0.2, -0.15) is 5.10 Å². The van der Waals surface area contributed by atoms with Crippen molar-refractivity contribution in [3.63, 3.8) is 0 Å². The third-order valence-electron chi connectivity index (χ3n) is 7.46. The molecule has 2 aliphatic heterocycles. The van der Waals surface area contributed by atoms with Gasteiger partial charge in [-0.05, 0) is 55.7 Å². The monoisotopic (exact) mass is 488 g/mol. The summed E-state index contributed by atoms with van der Waals surface area (Å²) in [5.74, 6) is 0.840. The van der Waals surface area contributed by atoms with E-state index >= 15 is 0 Å². The van der Waals surface area contributed by atoms with Crippen molar-refractivity contribution in [1.82, 2.24) is 15.1 Å². The molecular weight excluding hydrogens is 456 g/mol. The molecular formula is C27H32N6O3. The maximum absolute atomic E-state index is 13.6. The van der Waals surface area contributed by atoms with Crippen LogP contribution in [0.25, 0.3) is 11.1 Å². The second-order valence-corrected chi connectivity index (χ2v) is 9.72. The number of hydrogen-bond acceptors (Lipinski definition) is 5. The molecule has 9 nitrogen and oxygen atoms in total. The SMILES string of the molecule is COc1cc(N2CCC3(CCN(C(=O)Nc4ccc(N(C)C)cc4)CC3)C2=O)ccc1-c1cn[nH]c1. The number of aromatic amines is 1. The molecule has 0 atom stereocenters. The highest BCUT2D eigenvalue weighted by atomic mass is 16.5. The number of piperidine rings is 1. The number of urea groups is 1. The number of nitrogens with one attached hydrogen (secondary N) is 2. The molecule has 188 valence electrons. The fraction of sp³-hybridized carbons (Fsp3) is 0.370. The third-order valence-corrected chi connectivity index (χ3v) is 7.46. The number of carbonyl (C=O) groups excluding carboxylic acids is 2. The Morgan fingerprint density at radius 3 is 2.44 bits per heavy atom. The van der Waals surface area contributed by atoms with Gasteiger partial charge in [0.25, 0.3) is 0 Å². The number of H-pyrrole nitrogens is 1. The maximum atomic E-state index is 13.6. The number of likely N-dealkylation sites (tertiary alicyclic amines) is 1. The van der Waals surface area contributed by atoms with Gasteiger partial charge in [0.15, 0.2) is 0 Å². The number of nitrogens with zero attached hydrogens (tertiary/aromatic N) is 4. The van der Waals surface area contributed by atoms with Crippen LogP contribution >= 0.6 is 0 Å². The van der Waals surface area contributed by atoms with Gasteiger partial charge in [-0.3, -0.25) is 9.89 Å². The summed E-state index contributed by atoms with van der Waals surface area (Å²) in [5.41, 5.74) is 4.12. The molecule has 2 aliphatic rings. The lowest BCUT2D eigenvalue weighted by molar-refractivity contribution is -0.127. The van der Waals surface area contributed by atoms with Gasteiger partial charge in [0, 0.05) is 74.2 Å². The normalized spacial score (nSPS) is 16.9. The van der Waals surface area contributed by atoms with Crippen LogP contribution in [0.5, 0.6) is 5.75 Å². The van der Waals surface area contributed by atoms with Crippen molar-refractivity contribution in [2.75, 3.05) is 56.0 Å². The summed E-state index contributed by atoms with van der Waals surface area (Å²) in [7, 11) is 5.60. The van der Waals surface area contributed by atoms with Crippen LogP contribution in [0.2, 0.25) is 0 Å². The van der Waals surface area contributed by atoms with Crippen molar-refractivity contribution in [3.8, 4) is 16.9 Å². The van der Waals surface area contributed by atoms with Crippen LogP contribution in [-0.2, 0) is 4.79 Å². The summed E-state index contributed by atoms with van der Waals surface area (Å²) in [6, 6.07) is 13.5. The Balaban J connectivity index is 1.23. The fourth-order valence-electron chi connectivity index (χ4n) is 5.20. The molecule has 3 heterocycles. The van der Waals surface area contributed by atoms with Crippen LogP contribution in [0.15, 0.2) is 54.9 Å².